The summed E-state index contributed by atoms with van der Waals surface area (Å²) in [6.07, 6.45) is -2.61. The van der Waals surface area contributed by atoms with Crippen molar-refractivity contribution >= 4 is 0 Å². The van der Waals surface area contributed by atoms with Gasteiger partial charge in [0.15, 0.2) is 0 Å². The molecule has 2 aromatic carbocycles. The van der Waals surface area contributed by atoms with Crippen molar-refractivity contribution in [3.8, 4) is 0 Å². The topological polar surface area (TPSA) is 12.5 Å². The zero-order valence-corrected chi connectivity index (χ0v) is 10.9. The van der Waals surface area contributed by atoms with Gasteiger partial charge in [-0.3, -0.25) is 0 Å². The van der Waals surface area contributed by atoms with Crippen LogP contribution in [-0.4, -0.2) is 32.0 Å². The van der Waals surface area contributed by atoms with Crippen molar-refractivity contribution in [2.45, 2.75) is 13.0 Å². The molecule has 0 aliphatic heterocycles. The molecular weight excluding hydrogens is 246 g/mol. The molecule has 0 saturated carbocycles. The summed E-state index contributed by atoms with van der Waals surface area (Å²) in [5, 5.41) is 0. The first-order valence-corrected chi connectivity index (χ1v) is 5.84. The highest BCUT2D eigenvalue weighted by molar-refractivity contribution is 5.35. The fourth-order valence-electron chi connectivity index (χ4n) is 1.64. The van der Waals surface area contributed by atoms with Gasteiger partial charge in [0.05, 0.1) is 14.8 Å². The van der Waals surface area contributed by atoms with Crippen LogP contribution in [0.2, 0.25) is 0 Å². The van der Waals surface area contributed by atoms with Crippen molar-refractivity contribution in [2.24, 2.45) is 0 Å². The summed E-state index contributed by atoms with van der Waals surface area (Å²) in [6.45, 7) is -9.70. The van der Waals surface area contributed by atoms with Crippen LogP contribution in [0.1, 0.15) is 42.0 Å². The van der Waals surface area contributed by atoms with Crippen LogP contribution in [0.3, 0.4) is 0 Å². The summed E-state index contributed by atoms with van der Waals surface area (Å²) >= 11 is 0. The van der Waals surface area contributed by atoms with Crippen molar-refractivity contribution in [3.05, 3.63) is 71.2 Å². The molecule has 0 heterocycles. The summed E-state index contributed by atoms with van der Waals surface area (Å²) < 4.78 is 116. The second kappa shape index (κ2) is 7.22. The molecule has 0 radical (unpaired) electrons. The molecule has 2 nitrogen and oxygen atoms in total. The Morgan fingerprint density at radius 1 is 1.30 bits per heavy atom. The van der Waals surface area contributed by atoms with E-state index in [0.717, 1.165) is 0 Å². The van der Waals surface area contributed by atoms with Crippen LogP contribution in [0.4, 0.5) is 0 Å². The number of aryl methyl sites for hydroxylation is 1. The lowest BCUT2D eigenvalue weighted by atomic mass is 9.97. The van der Waals surface area contributed by atoms with E-state index in [1.807, 2.05) is 0 Å². The number of rotatable bonds is 6. The number of nitrogens with zero attached hydrogens (tertiary/aromatic N) is 1. The van der Waals surface area contributed by atoms with Gasteiger partial charge in [0.25, 0.3) is 0 Å². The fourth-order valence-corrected chi connectivity index (χ4v) is 1.64. The third-order valence-electron chi connectivity index (χ3n) is 2.56. The zero-order valence-electron chi connectivity index (χ0n) is 24.9. The van der Waals surface area contributed by atoms with E-state index in [2.05, 4.69) is 0 Å². The highest BCUT2D eigenvalue weighted by Gasteiger charge is 2.16. The number of likely N-dealkylation sites (N-methyl/N-ethyl adjacent to an activating group) is 1. The molecule has 0 amide bonds. The molecule has 0 saturated heterocycles. The van der Waals surface area contributed by atoms with E-state index in [-0.39, 0.29) is 10.5 Å². The van der Waals surface area contributed by atoms with E-state index in [1.165, 1.54) is 12.1 Å². The Balaban J connectivity index is 2.74. The van der Waals surface area contributed by atoms with Crippen molar-refractivity contribution in [2.75, 3.05) is 27.1 Å². The van der Waals surface area contributed by atoms with Crippen molar-refractivity contribution < 1.29 is 23.9 Å². The number of hydrogen-bond acceptors (Lipinski definition) is 2. The predicted octanol–water partition coefficient (Wildman–Crippen LogP) is 3.66. The Bertz CT molecular complexity index is 1020. The molecule has 1 unspecified atom stereocenters. The predicted molar refractivity (Wildman–Crippen MR) is 84.0 cm³/mol. The summed E-state index contributed by atoms with van der Waals surface area (Å²) in [5.41, 5.74) is -0.232. The molecule has 0 bridgehead atoms. The van der Waals surface area contributed by atoms with Crippen molar-refractivity contribution in [3.63, 3.8) is 0 Å². The minimum absolute atomic E-state index is 0.00125. The average molecular weight is 283 g/mol. The largest absolute Gasteiger partial charge is 0.367 e. The Kier molecular flexibility index (Phi) is 1.80. The molecule has 106 valence electrons. The van der Waals surface area contributed by atoms with Crippen LogP contribution in [0, 0.1) is 6.92 Å². The summed E-state index contributed by atoms with van der Waals surface area (Å²) in [6, 6.07) is 2.30. The monoisotopic (exact) mass is 283 g/mol. The smallest absolute Gasteiger partial charge is 0.108 e. The van der Waals surface area contributed by atoms with Gasteiger partial charge in [0.1, 0.15) is 6.08 Å². The van der Waals surface area contributed by atoms with Crippen LogP contribution in [-0.2, 0) is 4.74 Å². The first kappa shape index (κ1) is 4.97. The highest BCUT2D eigenvalue weighted by atomic mass is 16.5. The molecule has 1 atom stereocenters. The molecule has 2 rings (SSSR count). The number of benzene rings is 2. The lowest BCUT2D eigenvalue weighted by molar-refractivity contribution is 0.0683. The van der Waals surface area contributed by atoms with Gasteiger partial charge in [0.2, 0.25) is 0 Å². The second-order valence-electron chi connectivity index (χ2n) is 3.93. The van der Waals surface area contributed by atoms with Crippen LogP contribution in [0.15, 0.2) is 54.5 Å². The molecule has 0 N–H and O–H groups in total. The van der Waals surface area contributed by atoms with E-state index < -0.39 is 68.9 Å². The highest BCUT2D eigenvalue weighted by Crippen LogP contribution is 2.28. The molecule has 2 aromatic rings. The van der Waals surface area contributed by atoms with E-state index in [0.29, 0.717) is 5.56 Å². The van der Waals surface area contributed by atoms with Gasteiger partial charge in [-0.25, -0.2) is 0 Å². The second-order valence-corrected chi connectivity index (χ2v) is 3.93. The lowest BCUT2D eigenvalue weighted by Gasteiger charge is -2.22. The average Bonchev–Trinajstić information content (AvgIpc) is 2.67. The minimum atomic E-state index is -3.40. The Morgan fingerprint density at radius 3 is 2.75 bits per heavy atom. The summed E-state index contributed by atoms with van der Waals surface area (Å²) in [5.74, 6) is 0. The lowest BCUT2D eigenvalue weighted by Crippen LogP contribution is -2.20. The van der Waals surface area contributed by atoms with Gasteiger partial charge in [-0.2, -0.15) is 0 Å². The van der Waals surface area contributed by atoms with Crippen LogP contribution >= 0.6 is 0 Å². The van der Waals surface area contributed by atoms with E-state index in [1.54, 1.807) is 19.1 Å². The fraction of sp³-hybridized carbons (Fsp3) is 0.333. The molecule has 2 heteroatoms. The van der Waals surface area contributed by atoms with Gasteiger partial charge in [-0.15, -0.1) is 0 Å². The Morgan fingerprint density at radius 2 is 2.05 bits per heavy atom. The number of ether oxygens (including phenoxy) is 1. The quantitative estimate of drug-likeness (QED) is 0.802. The Labute approximate surface area is 141 Å². The van der Waals surface area contributed by atoms with Crippen LogP contribution < -0.4 is 0 Å². The van der Waals surface area contributed by atoms with Gasteiger partial charge in [-0.1, -0.05) is 54.5 Å². The van der Waals surface area contributed by atoms with E-state index in [9.17, 15) is 0 Å². The maximum Gasteiger partial charge on any atom is 0.108 e. The molecule has 20 heavy (non-hydrogen) atoms. The first-order chi connectivity index (χ1) is 15.3. The zero-order chi connectivity index (χ0) is 26.4. The maximum atomic E-state index is 9.07. The molecule has 0 fully saturated rings. The first-order valence-electron chi connectivity index (χ1n) is 12.8. The molecule has 0 aliphatic rings. The standard InChI is InChI=1S/C18H23NO/c1-15-9-7-8-12-17(15)18(20-14-13-19(2)3)16-10-5-4-6-11-16/h4-12,18H,13-14H2,1-3H3/i2D3,3D3,4D,5D,6D,10D,11D,13D2,18D. The van der Waals surface area contributed by atoms with Crippen molar-refractivity contribution in [1.29, 1.82) is 0 Å². The third-order valence-corrected chi connectivity index (χ3v) is 2.56. The third kappa shape index (κ3) is 3.92. The normalized spacial score (nSPS) is 26.3. The van der Waals surface area contributed by atoms with Crippen LogP contribution in [0.5, 0.6) is 0 Å². The van der Waals surface area contributed by atoms with Crippen molar-refractivity contribution in [1.82, 2.24) is 4.90 Å². The molecule has 0 aliphatic carbocycles. The SMILES string of the molecule is [2H]c1c([2H])c([2H])c(C([2H])(OCC([2H])([2H])N(C([2H])([2H])[2H])C([2H])([2H])[2H])c2ccccc2C)c([2H])c1[2H]. The van der Waals surface area contributed by atoms with Gasteiger partial charge >= 0.3 is 0 Å². The number of hydrogen-bond donors (Lipinski definition) is 0. The summed E-state index contributed by atoms with van der Waals surface area (Å²) in [4.78, 5) is -0.340. The van der Waals surface area contributed by atoms with Gasteiger partial charge in [-0.05, 0) is 37.6 Å². The van der Waals surface area contributed by atoms with E-state index in [4.69, 9.17) is 23.9 Å². The van der Waals surface area contributed by atoms with Gasteiger partial charge in [0, 0.05) is 17.5 Å². The molecular formula is C18H23NO. The van der Waals surface area contributed by atoms with Gasteiger partial charge < -0.3 is 9.64 Å². The molecule has 0 aromatic heterocycles. The Hall–Kier alpha value is -1.64. The van der Waals surface area contributed by atoms with E-state index >= 15 is 0 Å². The maximum absolute atomic E-state index is 9.07. The summed E-state index contributed by atoms with van der Waals surface area (Å²) in [7, 11) is 0. The van der Waals surface area contributed by atoms with Crippen LogP contribution in [0.25, 0.3) is 0 Å². The minimum Gasteiger partial charge on any atom is -0.367 e. The molecule has 0 spiro atoms.